The van der Waals surface area contributed by atoms with Crippen molar-refractivity contribution in [1.82, 2.24) is 38.4 Å². The number of hydrogen-bond acceptors (Lipinski definition) is 8. The number of likely N-dealkylation sites (tertiary alicyclic amines) is 1. The molecule has 12 nitrogen and oxygen atoms in total. The Labute approximate surface area is 294 Å². The first-order valence-electron chi connectivity index (χ1n) is 17.5. The van der Waals surface area contributed by atoms with Gasteiger partial charge in [-0.2, -0.15) is 13.2 Å². The highest BCUT2D eigenvalue weighted by Crippen LogP contribution is 2.37. The Morgan fingerprint density at radius 1 is 1.02 bits per heavy atom. The number of aromatic nitrogens is 5. The van der Waals surface area contributed by atoms with Crippen molar-refractivity contribution in [3.05, 3.63) is 82.1 Å². The van der Waals surface area contributed by atoms with E-state index in [2.05, 4.69) is 20.0 Å². The second-order valence-electron chi connectivity index (χ2n) is 15.2. The van der Waals surface area contributed by atoms with E-state index in [4.69, 9.17) is 9.47 Å². The quantitative estimate of drug-likeness (QED) is 0.281. The van der Waals surface area contributed by atoms with Gasteiger partial charge in [0.2, 0.25) is 0 Å². The number of piperazine rings is 1. The number of alkyl halides is 3. The number of benzene rings is 1. The van der Waals surface area contributed by atoms with E-state index in [9.17, 15) is 22.8 Å². The van der Waals surface area contributed by atoms with E-state index in [1.165, 1.54) is 16.8 Å². The smallest absolute Gasteiger partial charge is 0.418 e. The number of hydrogen-bond donors (Lipinski definition) is 0. The molecule has 0 saturated carbocycles. The maximum Gasteiger partial charge on any atom is 0.418 e. The third-order valence-corrected chi connectivity index (χ3v) is 10.4. The fourth-order valence-corrected chi connectivity index (χ4v) is 7.52. The molecule has 0 aliphatic carbocycles. The third kappa shape index (κ3) is 7.28. The van der Waals surface area contributed by atoms with Gasteiger partial charge in [0.05, 0.1) is 30.0 Å². The Morgan fingerprint density at radius 2 is 1.75 bits per heavy atom. The van der Waals surface area contributed by atoms with Gasteiger partial charge in [-0.15, -0.1) is 10.2 Å². The van der Waals surface area contributed by atoms with E-state index in [0.717, 1.165) is 54.8 Å². The fraction of sp³-hybridized carbons (Fsp3) is 0.556. The number of halogens is 3. The van der Waals surface area contributed by atoms with Gasteiger partial charge in [-0.05, 0) is 76.0 Å². The molecule has 51 heavy (non-hydrogen) atoms. The van der Waals surface area contributed by atoms with Crippen LogP contribution in [0, 0.1) is 0 Å². The average molecular weight is 711 g/mol. The van der Waals surface area contributed by atoms with Crippen LogP contribution in [0.15, 0.2) is 53.8 Å². The minimum absolute atomic E-state index is 0.188. The van der Waals surface area contributed by atoms with Crippen LogP contribution in [0.3, 0.4) is 0 Å². The van der Waals surface area contributed by atoms with Crippen LogP contribution in [0.1, 0.15) is 56.1 Å². The number of rotatable bonds is 7. The van der Waals surface area contributed by atoms with Crippen LogP contribution in [0.4, 0.5) is 18.0 Å². The molecule has 0 bridgehead atoms. The van der Waals surface area contributed by atoms with Gasteiger partial charge in [-0.1, -0.05) is 12.1 Å². The first kappa shape index (κ1) is 35.2. The highest BCUT2D eigenvalue weighted by Gasteiger charge is 2.42. The number of piperidine rings is 1. The number of imidazole rings is 1. The summed E-state index contributed by atoms with van der Waals surface area (Å²) in [4.78, 5) is 32.6. The van der Waals surface area contributed by atoms with Crippen molar-refractivity contribution < 1.29 is 27.4 Å². The highest BCUT2D eigenvalue weighted by molar-refractivity contribution is 5.68. The highest BCUT2D eigenvalue weighted by atomic mass is 19.4. The Kier molecular flexibility index (Phi) is 9.25. The van der Waals surface area contributed by atoms with Crippen LogP contribution in [0.25, 0.3) is 11.2 Å². The second kappa shape index (κ2) is 13.4. The van der Waals surface area contributed by atoms with Gasteiger partial charge in [0.15, 0.2) is 0 Å². The van der Waals surface area contributed by atoms with E-state index in [1.54, 1.807) is 23.5 Å². The van der Waals surface area contributed by atoms with Crippen molar-refractivity contribution >= 4 is 11.6 Å². The summed E-state index contributed by atoms with van der Waals surface area (Å²) in [6.07, 6.45) is 1.84. The molecule has 7 rings (SSSR count). The molecular formula is C36H45F3N8O4. The third-order valence-electron chi connectivity index (χ3n) is 10.4. The van der Waals surface area contributed by atoms with Crippen molar-refractivity contribution in [3.63, 3.8) is 0 Å². The number of carbonyl (C=O) groups excluding carboxylic acids is 1. The molecule has 3 aromatic heterocycles. The molecule has 3 fully saturated rings. The van der Waals surface area contributed by atoms with Gasteiger partial charge < -0.3 is 18.9 Å². The summed E-state index contributed by atoms with van der Waals surface area (Å²) in [5, 5.41) is 8.21. The van der Waals surface area contributed by atoms with Crippen LogP contribution in [0.2, 0.25) is 0 Å². The van der Waals surface area contributed by atoms with Gasteiger partial charge >= 0.3 is 18.0 Å². The summed E-state index contributed by atoms with van der Waals surface area (Å²) in [5.74, 6) is 0.792. The minimum atomic E-state index is -4.65. The standard InChI is InChI=1S/C36H45F3N8O4/c1-34(2,3)51-33(49)45-14-12-44(13-15-45)27-8-10-43(11-9-27)19-25-16-29(36(37,38)39)30-21-46(32(48)47(30)20-25)28-7-5-6-26(17-28)35(22-50-23-35)18-31-41-40-24-42(31)4/h5-7,16-17,20-21,24,27H,8-15,18-19,22-23H2,1-4H3. The van der Waals surface area contributed by atoms with Crippen LogP contribution >= 0.6 is 0 Å². The summed E-state index contributed by atoms with van der Waals surface area (Å²) in [5.41, 5.74) is -0.678. The second-order valence-corrected chi connectivity index (χ2v) is 15.2. The topological polar surface area (TPSA) is 102 Å². The van der Waals surface area contributed by atoms with Crippen LogP contribution in [-0.4, -0.2) is 109 Å². The largest absolute Gasteiger partial charge is 0.444 e. The lowest BCUT2D eigenvalue weighted by molar-refractivity contribution is -0.136. The van der Waals surface area contributed by atoms with E-state index in [0.29, 0.717) is 56.6 Å². The lowest BCUT2D eigenvalue weighted by Crippen LogP contribution is -2.54. The maximum absolute atomic E-state index is 14.5. The van der Waals surface area contributed by atoms with Crippen molar-refractivity contribution in [1.29, 1.82) is 0 Å². The van der Waals surface area contributed by atoms with Gasteiger partial charge in [-0.25, -0.2) is 9.59 Å². The summed E-state index contributed by atoms with van der Waals surface area (Å²) < 4.78 is 59.0. The molecule has 0 spiro atoms. The van der Waals surface area contributed by atoms with Crippen LogP contribution < -0.4 is 5.69 Å². The molecule has 3 aliphatic heterocycles. The first-order valence-corrected chi connectivity index (χ1v) is 17.5. The Bertz CT molecular complexity index is 1940. The summed E-state index contributed by atoms with van der Waals surface area (Å²) in [7, 11) is 1.87. The van der Waals surface area contributed by atoms with Gasteiger partial charge in [0, 0.05) is 70.0 Å². The maximum atomic E-state index is 14.5. The predicted octanol–water partition coefficient (Wildman–Crippen LogP) is 4.27. The van der Waals surface area contributed by atoms with Gasteiger partial charge in [-0.3, -0.25) is 18.8 Å². The number of aryl methyl sites for hydroxylation is 1. The van der Waals surface area contributed by atoms with Gasteiger partial charge in [0.1, 0.15) is 17.8 Å². The molecule has 1 aromatic carbocycles. The molecule has 3 saturated heterocycles. The molecule has 0 N–H and O–H groups in total. The number of carbonyl (C=O) groups is 1. The molecule has 6 heterocycles. The normalized spacial score (nSPS) is 19.4. The monoisotopic (exact) mass is 710 g/mol. The fourth-order valence-electron chi connectivity index (χ4n) is 7.52. The molecule has 0 radical (unpaired) electrons. The van der Waals surface area contributed by atoms with Crippen molar-refractivity contribution in [2.75, 3.05) is 52.5 Å². The van der Waals surface area contributed by atoms with Crippen molar-refractivity contribution in [2.45, 2.75) is 69.8 Å². The molecule has 3 aliphatic rings. The molecule has 1 amide bonds. The van der Waals surface area contributed by atoms with E-state index >= 15 is 0 Å². The first-order chi connectivity index (χ1) is 24.2. The van der Waals surface area contributed by atoms with Crippen molar-refractivity contribution in [2.24, 2.45) is 7.05 Å². The lowest BCUT2D eigenvalue weighted by Gasteiger charge is -2.42. The molecular weight excluding hydrogens is 665 g/mol. The number of amides is 1. The number of nitrogens with zero attached hydrogens (tertiary/aromatic N) is 8. The summed E-state index contributed by atoms with van der Waals surface area (Å²) in [6, 6.07) is 8.88. The molecule has 274 valence electrons. The number of pyridine rings is 1. The minimum Gasteiger partial charge on any atom is -0.444 e. The van der Waals surface area contributed by atoms with Crippen molar-refractivity contribution in [3.8, 4) is 5.69 Å². The average Bonchev–Trinajstić information content (AvgIpc) is 3.63. The van der Waals surface area contributed by atoms with E-state index in [-0.39, 0.29) is 17.0 Å². The predicted molar refractivity (Wildman–Crippen MR) is 183 cm³/mol. The lowest BCUT2D eigenvalue weighted by atomic mass is 9.75. The molecule has 0 atom stereocenters. The zero-order valence-electron chi connectivity index (χ0n) is 29.5. The Morgan fingerprint density at radius 3 is 2.35 bits per heavy atom. The summed E-state index contributed by atoms with van der Waals surface area (Å²) >= 11 is 0. The summed E-state index contributed by atoms with van der Waals surface area (Å²) in [6.45, 7) is 11.0. The van der Waals surface area contributed by atoms with Crippen LogP contribution in [-0.2, 0) is 41.1 Å². The van der Waals surface area contributed by atoms with E-state index in [1.807, 2.05) is 50.6 Å². The zero-order valence-corrected chi connectivity index (χ0v) is 29.5. The molecule has 0 unspecified atom stereocenters. The van der Waals surface area contributed by atoms with Crippen LogP contribution in [0.5, 0.6) is 0 Å². The van der Waals surface area contributed by atoms with Gasteiger partial charge in [0.25, 0.3) is 0 Å². The number of fused-ring (bicyclic) bond motifs is 1. The zero-order chi connectivity index (χ0) is 36.1. The Hall–Kier alpha value is -4.21. The molecule has 15 heteroatoms. The Balaban J connectivity index is 1.06. The van der Waals surface area contributed by atoms with E-state index < -0.39 is 23.0 Å². The molecule has 4 aromatic rings. The SMILES string of the molecule is Cn1cnnc1CC1(c2cccc(-n3cc4c(C(F)(F)F)cc(CN5CCC(N6CCN(C(=O)OC(C)(C)C)CC6)CC5)cn4c3=O)c2)COC1. The number of ether oxygens (including phenoxy) is 2.